The van der Waals surface area contributed by atoms with Crippen molar-refractivity contribution in [3.05, 3.63) is 42.0 Å². The fourth-order valence-corrected chi connectivity index (χ4v) is 3.89. The van der Waals surface area contributed by atoms with E-state index < -0.39 is 23.8 Å². The number of rotatable bonds is 13. The molecule has 1 rings (SSSR count). The van der Waals surface area contributed by atoms with Gasteiger partial charge in [0.15, 0.2) is 0 Å². The van der Waals surface area contributed by atoms with Gasteiger partial charge in [0.1, 0.15) is 17.7 Å². The molecule has 202 valence electrons. The molecule has 36 heavy (non-hydrogen) atoms. The van der Waals surface area contributed by atoms with Crippen LogP contribution < -0.4 is 10.6 Å². The van der Waals surface area contributed by atoms with Crippen molar-refractivity contribution >= 4 is 24.0 Å². The first-order valence-corrected chi connectivity index (χ1v) is 13.1. The van der Waals surface area contributed by atoms with E-state index in [1.807, 2.05) is 52.0 Å². The van der Waals surface area contributed by atoms with E-state index in [1.165, 1.54) is 0 Å². The van der Waals surface area contributed by atoms with E-state index in [1.54, 1.807) is 31.7 Å². The normalized spacial score (nSPS) is 13.2. The maximum Gasteiger partial charge on any atom is 0.408 e. The monoisotopic (exact) mass is 501 g/mol. The van der Waals surface area contributed by atoms with Gasteiger partial charge in [-0.05, 0) is 64.2 Å². The highest BCUT2D eigenvalue weighted by molar-refractivity contribution is 5.92. The molecule has 0 saturated heterocycles. The van der Waals surface area contributed by atoms with E-state index in [9.17, 15) is 14.4 Å². The highest BCUT2D eigenvalue weighted by Crippen LogP contribution is 2.26. The smallest absolute Gasteiger partial charge is 0.408 e. The summed E-state index contributed by atoms with van der Waals surface area (Å²) >= 11 is 0. The van der Waals surface area contributed by atoms with E-state index >= 15 is 0 Å². The van der Waals surface area contributed by atoms with Crippen LogP contribution in [0.4, 0.5) is 4.79 Å². The molecule has 3 amide bonds. The second kappa shape index (κ2) is 14.7. The molecule has 0 radical (unpaired) electrons. The molecule has 1 aromatic carbocycles. The summed E-state index contributed by atoms with van der Waals surface area (Å²) in [7, 11) is 0. The quantitative estimate of drug-likeness (QED) is 0.332. The first-order chi connectivity index (χ1) is 16.8. The van der Waals surface area contributed by atoms with Crippen molar-refractivity contribution in [2.45, 2.75) is 105 Å². The van der Waals surface area contributed by atoms with Crippen LogP contribution in [0.2, 0.25) is 0 Å². The zero-order valence-electron chi connectivity index (χ0n) is 23.5. The van der Waals surface area contributed by atoms with Crippen LogP contribution in [0.25, 0.3) is 6.08 Å². The molecule has 1 aromatic rings. The van der Waals surface area contributed by atoms with Gasteiger partial charge in [-0.2, -0.15) is 0 Å². The number of benzene rings is 1. The molecule has 0 fully saturated rings. The van der Waals surface area contributed by atoms with Gasteiger partial charge in [-0.1, -0.05) is 70.9 Å². The Labute approximate surface area is 218 Å². The molecular formula is C29H47N3O4. The second-order valence-electron chi connectivity index (χ2n) is 10.9. The molecule has 7 nitrogen and oxygen atoms in total. The number of nitrogens with one attached hydrogen (secondary N) is 2. The van der Waals surface area contributed by atoms with Crippen LogP contribution >= 0.6 is 0 Å². The average molecular weight is 502 g/mol. The lowest BCUT2D eigenvalue weighted by Gasteiger charge is -2.36. The molecule has 2 unspecified atom stereocenters. The number of ether oxygens (including phenoxy) is 1. The topological polar surface area (TPSA) is 87.7 Å². The summed E-state index contributed by atoms with van der Waals surface area (Å²) in [6.45, 7) is 19.2. The van der Waals surface area contributed by atoms with Crippen molar-refractivity contribution in [2.75, 3.05) is 6.54 Å². The van der Waals surface area contributed by atoms with E-state index in [2.05, 4.69) is 24.1 Å². The molecule has 0 aliphatic carbocycles. The highest BCUT2D eigenvalue weighted by Gasteiger charge is 2.37. The Bertz CT molecular complexity index is 874. The summed E-state index contributed by atoms with van der Waals surface area (Å²) in [5, 5.41) is 5.75. The Hall–Kier alpha value is -2.83. The fraction of sp³-hybridized carbons (Fsp3) is 0.621. The Morgan fingerprint density at radius 1 is 1.06 bits per heavy atom. The van der Waals surface area contributed by atoms with Crippen molar-refractivity contribution in [1.29, 1.82) is 0 Å². The molecular weight excluding hydrogens is 454 g/mol. The molecule has 0 spiro atoms. The van der Waals surface area contributed by atoms with Crippen LogP contribution in [0.5, 0.6) is 0 Å². The highest BCUT2D eigenvalue weighted by atomic mass is 16.6. The number of carbonyl (C=O) groups is 3. The Kier molecular flexibility index (Phi) is 12.7. The third-order valence-electron chi connectivity index (χ3n) is 5.59. The molecule has 2 N–H and O–H groups in total. The number of alkyl carbamates (subject to hydrolysis) is 1. The Morgan fingerprint density at radius 2 is 1.72 bits per heavy atom. The van der Waals surface area contributed by atoms with Gasteiger partial charge in [0.25, 0.3) is 0 Å². The van der Waals surface area contributed by atoms with Gasteiger partial charge >= 0.3 is 6.09 Å². The number of hydrogen-bond donors (Lipinski definition) is 2. The summed E-state index contributed by atoms with van der Waals surface area (Å²) in [6.07, 6.45) is 4.86. The van der Waals surface area contributed by atoms with Gasteiger partial charge in [-0.15, -0.1) is 0 Å². The minimum atomic E-state index is -0.844. The summed E-state index contributed by atoms with van der Waals surface area (Å²) in [5.41, 5.74) is 0.869. The fourth-order valence-electron chi connectivity index (χ4n) is 3.89. The lowest BCUT2D eigenvalue weighted by molar-refractivity contribution is -0.143. The van der Waals surface area contributed by atoms with Gasteiger partial charge in [0.2, 0.25) is 11.8 Å². The minimum absolute atomic E-state index is 0.0968. The molecule has 7 heteroatoms. The molecule has 0 saturated carbocycles. The van der Waals surface area contributed by atoms with E-state index in [-0.39, 0.29) is 23.8 Å². The first kappa shape index (κ1) is 31.2. The van der Waals surface area contributed by atoms with Crippen molar-refractivity contribution in [3.63, 3.8) is 0 Å². The SMILES string of the molecule is C=Cc1cccc(C(C(=O)NC(C)C)N(CCCCCC)C(=O)C(NC(=O)OC(C)(C)C)C(C)C)c1. The van der Waals surface area contributed by atoms with E-state index in [4.69, 9.17) is 4.74 Å². The maximum atomic E-state index is 14.1. The van der Waals surface area contributed by atoms with Crippen molar-refractivity contribution in [1.82, 2.24) is 15.5 Å². The zero-order chi connectivity index (χ0) is 27.5. The molecule has 0 aromatic heterocycles. The third kappa shape index (κ3) is 10.4. The lowest BCUT2D eigenvalue weighted by atomic mass is 9.97. The second-order valence-corrected chi connectivity index (χ2v) is 10.9. The van der Waals surface area contributed by atoms with Crippen LogP contribution in [0.1, 0.15) is 98.2 Å². The van der Waals surface area contributed by atoms with Crippen LogP contribution in [0.15, 0.2) is 30.8 Å². The molecule has 0 aliphatic rings. The van der Waals surface area contributed by atoms with Crippen LogP contribution in [-0.2, 0) is 14.3 Å². The summed E-state index contributed by atoms with van der Waals surface area (Å²) in [5.74, 6) is -0.772. The number of hydrogen-bond acceptors (Lipinski definition) is 4. The van der Waals surface area contributed by atoms with Gasteiger partial charge in [-0.3, -0.25) is 9.59 Å². The number of nitrogens with zero attached hydrogens (tertiary/aromatic N) is 1. The molecule has 0 bridgehead atoms. The zero-order valence-corrected chi connectivity index (χ0v) is 23.5. The number of unbranched alkanes of at least 4 members (excludes halogenated alkanes) is 3. The van der Waals surface area contributed by atoms with Crippen molar-refractivity contribution in [3.8, 4) is 0 Å². The summed E-state index contributed by atoms with van der Waals surface area (Å²) in [4.78, 5) is 41.8. The van der Waals surface area contributed by atoms with Crippen LogP contribution in [0, 0.1) is 5.92 Å². The lowest BCUT2D eigenvalue weighted by Crippen LogP contribution is -2.55. The largest absolute Gasteiger partial charge is 0.444 e. The first-order valence-electron chi connectivity index (χ1n) is 13.1. The van der Waals surface area contributed by atoms with Crippen molar-refractivity contribution in [2.24, 2.45) is 5.92 Å². The van der Waals surface area contributed by atoms with Crippen LogP contribution in [-0.4, -0.2) is 47.0 Å². The summed E-state index contributed by atoms with van der Waals surface area (Å²) in [6, 6.07) is 5.72. The standard InChI is InChI=1S/C29H47N3O4/c1-10-12-13-14-18-32(27(34)24(20(3)4)31-28(35)36-29(7,8)9)25(26(33)30-21(5)6)23-17-15-16-22(11-2)19-23/h11,15-17,19-21,24-25H,2,10,12-14,18H2,1,3-9H3,(H,30,33)(H,31,35). The van der Waals surface area contributed by atoms with E-state index in [0.717, 1.165) is 31.2 Å². The Morgan fingerprint density at radius 3 is 2.25 bits per heavy atom. The van der Waals surface area contributed by atoms with Gasteiger partial charge in [0, 0.05) is 12.6 Å². The molecule has 2 atom stereocenters. The third-order valence-corrected chi connectivity index (χ3v) is 5.59. The number of carbonyl (C=O) groups excluding carboxylic acids is 3. The van der Waals surface area contributed by atoms with Gasteiger partial charge in [0.05, 0.1) is 0 Å². The predicted octanol–water partition coefficient (Wildman–Crippen LogP) is 5.85. The van der Waals surface area contributed by atoms with Crippen molar-refractivity contribution < 1.29 is 19.1 Å². The average Bonchev–Trinajstić information content (AvgIpc) is 2.77. The van der Waals surface area contributed by atoms with Crippen LogP contribution in [0.3, 0.4) is 0 Å². The molecule has 0 heterocycles. The maximum absolute atomic E-state index is 14.1. The summed E-state index contributed by atoms with van der Waals surface area (Å²) < 4.78 is 5.43. The molecule has 0 aliphatic heterocycles. The van der Waals surface area contributed by atoms with Gasteiger partial charge in [-0.25, -0.2) is 4.79 Å². The minimum Gasteiger partial charge on any atom is -0.444 e. The predicted molar refractivity (Wildman–Crippen MR) is 146 cm³/mol. The number of amides is 3. The van der Waals surface area contributed by atoms with Gasteiger partial charge < -0.3 is 20.3 Å². The van der Waals surface area contributed by atoms with E-state index in [0.29, 0.717) is 12.1 Å². The Balaban J connectivity index is 3.49.